The molecule has 2 rings (SSSR count). The van der Waals surface area contributed by atoms with Gasteiger partial charge in [-0.05, 0) is 36.4 Å². The van der Waals surface area contributed by atoms with Crippen LogP contribution in [0.15, 0.2) is 48.5 Å². The molecular weight excluding hydrogens is 326 g/mol. The molecule has 0 atom stereocenters. The predicted octanol–water partition coefficient (Wildman–Crippen LogP) is 3.26. The SMILES string of the molecule is COc1ccc(NC(=O)CSCC(=O)c2cccc(OC)c2)cc1. The fourth-order valence-corrected chi connectivity index (χ4v) is 2.70. The standard InChI is InChI=1S/C18H19NO4S/c1-22-15-8-6-14(7-9-15)19-18(21)12-24-11-17(20)13-4-3-5-16(10-13)23-2/h3-10H,11-12H2,1-2H3,(H,19,21). The van der Waals surface area contributed by atoms with Gasteiger partial charge in [-0.3, -0.25) is 9.59 Å². The molecule has 0 radical (unpaired) electrons. The highest BCUT2D eigenvalue weighted by atomic mass is 32.2. The Balaban J connectivity index is 1.78. The monoisotopic (exact) mass is 345 g/mol. The lowest BCUT2D eigenvalue weighted by atomic mass is 10.1. The van der Waals surface area contributed by atoms with Gasteiger partial charge in [0.05, 0.1) is 25.7 Å². The van der Waals surface area contributed by atoms with Gasteiger partial charge in [0.1, 0.15) is 11.5 Å². The minimum Gasteiger partial charge on any atom is -0.497 e. The van der Waals surface area contributed by atoms with Crippen LogP contribution in [0.4, 0.5) is 5.69 Å². The molecule has 24 heavy (non-hydrogen) atoms. The van der Waals surface area contributed by atoms with Crippen LogP contribution in [-0.2, 0) is 4.79 Å². The number of methoxy groups -OCH3 is 2. The molecule has 2 aromatic rings. The Labute approximate surface area is 145 Å². The molecule has 0 aromatic heterocycles. The summed E-state index contributed by atoms with van der Waals surface area (Å²) in [6.07, 6.45) is 0. The summed E-state index contributed by atoms with van der Waals surface area (Å²) in [5.74, 6) is 1.64. The second-order valence-corrected chi connectivity index (χ2v) is 5.91. The average Bonchev–Trinajstić information content (AvgIpc) is 2.62. The lowest BCUT2D eigenvalue weighted by Gasteiger charge is -2.06. The Bertz CT molecular complexity index is 700. The lowest BCUT2D eigenvalue weighted by Crippen LogP contribution is -2.15. The molecule has 126 valence electrons. The van der Waals surface area contributed by atoms with Crippen LogP contribution in [0.5, 0.6) is 11.5 Å². The first-order valence-corrected chi connectivity index (χ1v) is 8.46. The zero-order valence-corrected chi connectivity index (χ0v) is 14.4. The third-order valence-electron chi connectivity index (χ3n) is 3.23. The molecule has 0 saturated carbocycles. The number of nitrogens with one attached hydrogen (secondary N) is 1. The molecule has 0 spiro atoms. The van der Waals surface area contributed by atoms with E-state index in [0.29, 0.717) is 17.0 Å². The van der Waals surface area contributed by atoms with Crippen molar-refractivity contribution >= 4 is 29.1 Å². The first kappa shape index (κ1) is 17.9. The van der Waals surface area contributed by atoms with Crippen LogP contribution >= 0.6 is 11.8 Å². The van der Waals surface area contributed by atoms with Crippen molar-refractivity contribution in [3.8, 4) is 11.5 Å². The lowest BCUT2D eigenvalue weighted by molar-refractivity contribution is -0.113. The molecule has 6 heteroatoms. The van der Waals surface area contributed by atoms with Gasteiger partial charge < -0.3 is 14.8 Å². The summed E-state index contributed by atoms with van der Waals surface area (Å²) >= 11 is 1.28. The first-order valence-electron chi connectivity index (χ1n) is 7.31. The van der Waals surface area contributed by atoms with Gasteiger partial charge in [-0.2, -0.15) is 0 Å². The Morgan fingerprint density at radius 3 is 2.33 bits per heavy atom. The summed E-state index contributed by atoms with van der Waals surface area (Å²) in [5.41, 5.74) is 1.28. The van der Waals surface area contributed by atoms with Crippen LogP contribution in [0.1, 0.15) is 10.4 Å². The van der Waals surface area contributed by atoms with E-state index in [1.54, 1.807) is 62.8 Å². The molecule has 0 bridgehead atoms. The fraction of sp³-hybridized carbons (Fsp3) is 0.222. The van der Waals surface area contributed by atoms with Gasteiger partial charge in [0.2, 0.25) is 5.91 Å². The van der Waals surface area contributed by atoms with Crippen LogP contribution in [0, 0.1) is 0 Å². The van der Waals surface area contributed by atoms with Crippen molar-refractivity contribution in [2.75, 3.05) is 31.0 Å². The van der Waals surface area contributed by atoms with Gasteiger partial charge in [-0.15, -0.1) is 11.8 Å². The number of ketones is 1. The maximum absolute atomic E-state index is 12.1. The van der Waals surface area contributed by atoms with E-state index in [1.165, 1.54) is 11.8 Å². The van der Waals surface area contributed by atoms with Crippen molar-refractivity contribution in [3.05, 3.63) is 54.1 Å². The largest absolute Gasteiger partial charge is 0.497 e. The Hall–Kier alpha value is -2.47. The maximum Gasteiger partial charge on any atom is 0.234 e. The van der Waals surface area contributed by atoms with Crippen LogP contribution in [-0.4, -0.2) is 37.4 Å². The van der Waals surface area contributed by atoms with E-state index in [0.717, 1.165) is 5.75 Å². The number of carbonyl (C=O) groups is 2. The van der Waals surface area contributed by atoms with Gasteiger partial charge in [-0.25, -0.2) is 0 Å². The summed E-state index contributed by atoms with van der Waals surface area (Å²) in [7, 11) is 3.14. The first-order chi connectivity index (χ1) is 11.6. The summed E-state index contributed by atoms with van der Waals surface area (Å²) in [6.45, 7) is 0. The van der Waals surface area contributed by atoms with Crippen molar-refractivity contribution < 1.29 is 19.1 Å². The summed E-state index contributed by atoms with van der Waals surface area (Å²) in [6, 6.07) is 14.1. The number of carbonyl (C=O) groups excluding carboxylic acids is 2. The third kappa shape index (κ3) is 5.31. The Morgan fingerprint density at radius 2 is 1.67 bits per heavy atom. The van der Waals surface area contributed by atoms with Crippen molar-refractivity contribution in [1.82, 2.24) is 0 Å². The second kappa shape index (κ2) is 8.98. The van der Waals surface area contributed by atoms with Crippen LogP contribution in [0.25, 0.3) is 0 Å². The molecule has 2 aromatic carbocycles. The number of ether oxygens (including phenoxy) is 2. The summed E-state index contributed by atoms with van der Waals surface area (Å²) in [4.78, 5) is 24.0. The van der Waals surface area contributed by atoms with E-state index < -0.39 is 0 Å². The minimum atomic E-state index is -0.149. The highest BCUT2D eigenvalue weighted by Crippen LogP contribution is 2.17. The zero-order valence-electron chi connectivity index (χ0n) is 13.6. The van der Waals surface area contributed by atoms with Gasteiger partial charge in [-0.1, -0.05) is 12.1 Å². The van der Waals surface area contributed by atoms with Crippen molar-refractivity contribution in [1.29, 1.82) is 0 Å². The molecule has 0 aliphatic carbocycles. The summed E-state index contributed by atoms with van der Waals surface area (Å²) < 4.78 is 10.2. The number of benzene rings is 2. The number of hydrogen-bond donors (Lipinski definition) is 1. The number of Topliss-reactive ketones (excluding diaryl/α,β-unsaturated/α-hetero) is 1. The molecule has 5 nitrogen and oxygen atoms in total. The molecule has 0 aliphatic heterocycles. The van der Waals surface area contributed by atoms with E-state index >= 15 is 0 Å². The minimum absolute atomic E-state index is 0.0313. The molecule has 0 saturated heterocycles. The van der Waals surface area contributed by atoms with E-state index in [9.17, 15) is 9.59 Å². The topological polar surface area (TPSA) is 64.6 Å². The highest BCUT2D eigenvalue weighted by molar-refractivity contribution is 8.00. The number of amides is 1. The highest BCUT2D eigenvalue weighted by Gasteiger charge is 2.09. The normalized spacial score (nSPS) is 10.1. The molecule has 0 heterocycles. The fourth-order valence-electron chi connectivity index (χ4n) is 1.99. The number of anilines is 1. The number of rotatable bonds is 8. The van der Waals surface area contributed by atoms with Crippen LogP contribution < -0.4 is 14.8 Å². The smallest absolute Gasteiger partial charge is 0.234 e. The maximum atomic E-state index is 12.1. The predicted molar refractivity (Wildman–Crippen MR) is 96.3 cm³/mol. The van der Waals surface area contributed by atoms with E-state index in [1.807, 2.05) is 0 Å². The number of thioether (sulfide) groups is 1. The van der Waals surface area contributed by atoms with Crippen molar-refractivity contribution in [3.63, 3.8) is 0 Å². The van der Waals surface area contributed by atoms with Gasteiger partial charge >= 0.3 is 0 Å². The van der Waals surface area contributed by atoms with Gasteiger partial charge in [0.25, 0.3) is 0 Å². The molecule has 1 amide bonds. The Morgan fingerprint density at radius 1 is 0.958 bits per heavy atom. The quantitative estimate of drug-likeness (QED) is 0.744. The van der Waals surface area contributed by atoms with E-state index in [-0.39, 0.29) is 23.2 Å². The van der Waals surface area contributed by atoms with Gasteiger partial charge in [0, 0.05) is 11.3 Å². The van der Waals surface area contributed by atoms with Crippen LogP contribution in [0.3, 0.4) is 0 Å². The molecule has 1 N–H and O–H groups in total. The van der Waals surface area contributed by atoms with Crippen molar-refractivity contribution in [2.24, 2.45) is 0 Å². The molecule has 0 aliphatic rings. The second-order valence-electron chi connectivity index (χ2n) is 4.92. The third-order valence-corrected chi connectivity index (χ3v) is 4.16. The zero-order chi connectivity index (χ0) is 17.4. The number of hydrogen-bond acceptors (Lipinski definition) is 5. The van der Waals surface area contributed by atoms with E-state index in [2.05, 4.69) is 5.32 Å². The summed E-state index contributed by atoms with van der Waals surface area (Å²) in [5, 5.41) is 2.78. The molecular formula is C18H19NO4S. The van der Waals surface area contributed by atoms with Crippen molar-refractivity contribution in [2.45, 2.75) is 0 Å². The average molecular weight is 345 g/mol. The van der Waals surface area contributed by atoms with Crippen LogP contribution in [0.2, 0.25) is 0 Å². The molecule has 0 fully saturated rings. The Kier molecular flexibility index (Phi) is 6.69. The molecule has 0 unspecified atom stereocenters. The van der Waals surface area contributed by atoms with Gasteiger partial charge in [0.15, 0.2) is 5.78 Å². The van der Waals surface area contributed by atoms with E-state index in [4.69, 9.17) is 9.47 Å².